The lowest BCUT2D eigenvalue weighted by Gasteiger charge is -2.26. The lowest BCUT2D eigenvalue weighted by Crippen LogP contribution is -2.14. The minimum Gasteiger partial charge on any atom is -0.495 e. The first kappa shape index (κ1) is 25.4. The monoisotopic (exact) mass is 517 g/mol. The van der Waals surface area contributed by atoms with Gasteiger partial charge in [0.25, 0.3) is 0 Å². The molecule has 7 nitrogen and oxygen atoms in total. The van der Waals surface area contributed by atoms with Crippen LogP contribution in [0.2, 0.25) is 0 Å². The van der Waals surface area contributed by atoms with Crippen molar-refractivity contribution in [3.63, 3.8) is 0 Å². The number of hydrogen-bond acceptors (Lipinski definition) is 5. The number of allylic oxidation sites excluding steroid dienone is 2. The van der Waals surface area contributed by atoms with Crippen LogP contribution in [-0.2, 0) is 0 Å². The second-order valence-corrected chi connectivity index (χ2v) is 9.39. The number of carboxylic acid groups (broad SMARTS) is 1. The van der Waals surface area contributed by atoms with Gasteiger partial charge >= 0.3 is 5.97 Å². The van der Waals surface area contributed by atoms with Crippen molar-refractivity contribution >= 4 is 23.0 Å². The zero-order valence-electron chi connectivity index (χ0n) is 21.9. The smallest absolute Gasteiger partial charge is 0.337 e. The van der Waals surface area contributed by atoms with Crippen molar-refractivity contribution in [3.8, 4) is 23.3 Å². The van der Waals surface area contributed by atoms with Gasteiger partial charge in [-0.25, -0.2) is 4.79 Å². The first-order valence-electron chi connectivity index (χ1n) is 12.4. The molecule has 1 aliphatic rings. The Hall–Kier alpha value is -5.22. The molecule has 0 aliphatic carbocycles. The third-order valence-electron chi connectivity index (χ3n) is 6.70. The Morgan fingerprint density at radius 2 is 1.97 bits per heavy atom. The SMILES string of the molecule is C=C1C=C(c2ccn(-c3ccc(OC)c(C#N)c3)c2)Oc2c1cc(C)cc2C(C)Nc1ccccc1C(=O)O. The van der Waals surface area contributed by atoms with Crippen molar-refractivity contribution in [3.05, 3.63) is 119 Å². The molecular formula is C32H27N3O4. The maximum Gasteiger partial charge on any atom is 0.337 e. The van der Waals surface area contributed by atoms with E-state index in [-0.39, 0.29) is 11.6 Å². The zero-order valence-corrected chi connectivity index (χ0v) is 21.9. The lowest BCUT2D eigenvalue weighted by molar-refractivity contribution is 0.0698. The quantitative estimate of drug-likeness (QED) is 0.274. The summed E-state index contributed by atoms with van der Waals surface area (Å²) in [6.07, 6.45) is 5.76. The summed E-state index contributed by atoms with van der Waals surface area (Å²) in [5.41, 5.74) is 6.50. The molecule has 0 radical (unpaired) electrons. The Labute approximate surface area is 226 Å². The Morgan fingerprint density at radius 1 is 1.18 bits per heavy atom. The van der Waals surface area contributed by atoms with Crippen molar-refractivity contribution in [1.82, 2.24) is 4.57 Å². The fraction of sp³-hybridized carbons (Fsp3) is 0.125. The number of carboxylic acids is 1. The van der Waals surface area contributed by atoms with Gasteiger partial charge in [0, 0.05) is 40.5 Å². The number of methoxy groups -OCH3 is 1. The number of para-hydroxylation sites is 1. The summed E-state index contributed by atoms with van der Waals surface area (Å²) in [5.74, 6) is 0.856. The van der Waals surface area contributed by atoms with Gasteiger partial charge in [-0.3, -0.25) is 0 Å². The summed E-state index contributed by atoms with van der Waals surface area (Å²) >= 11 is 0. The molecule has 194 valence electrons. The van der Waals surface area contributed by atoms with Crippen molar-refractivity contribution in [2.75, 3.05) is 12.4 Å². The van der Waals surface area contributed by atoms with Crippen LogP contribution < -0.4 is 14.8 Å². The minimum atomic E-state index is -0.991. The number of nitrogens with one attached hydrogen (secondary N) is 1. The number of nitriles is 1. The van der Waals surface area contributed by atoms with Gasteiger partial charge in [0.1, 0.15) is 23.3 Å². The van der Waals surface area contributed by atoms with E-state index in [4.69, 9.17) is 9.47 Å². The summed E-state index contributed by atoms with van der Waals surface area (Å²) in [5, 5.41) is 22.4. The number of rotatable bonds is 7. The largest absolute Gasteiger partial charge is 0.495 e. The Bertz CT molecular complexity index is 1690. The van der Waals surface area contributed by atoms with Crippen molar-refractivity contribution < 1.29 is 19.4 Å². The molecule has 0 bridgehead atoms. The van der Waals surface area contributed by atoms with Crippen LogP contribution in [0.1, 0.15) is 51.1 Å². The van der Waals surface area contributed by atoms with Gasteiger partial charge in [0.15, 0.2) is 0 Å². The van der Waals surface area contributed by atoms with E-state index in [1.54, 1.807) is 36.4 Å². The number of aromatic nitrogens is 1. The minimum absolute atomic E-state index is 0.205. The van der Waals surface area contributed by atoms with Gasteiger partial charge in [-0.2, -0.15) is 5.26 Å². The van der Waals surface area contributed by atoms with E-state index in [9.17, 15) is 15.2 Å². The summed E-state index contributed by atoms with van der Waals surface area (Å²) in [6, 6.07) is 20.2. The lowest BCUT2D eigenvalue weighted by atomic mass is 9.93. The summed E-state index contributed by atoms with van der Waals surface area (Å²) < 4.78 is 13.7. The molecule has 1 atom stereocenters. The number of nitrogens with zero attached hydrogens (tertiary/aromatic N) is 2. The maximum absolute atomic E-state index is 11.7. The highest BCUT2D eigenvalue weighted by Crippen LogP contribution is 2.42. The molecule has 1 unspecified atom stereocenters. The zero-order chi connectivity index (χ0) is 27.7. The van der Waals surface area contributed by atoms with Crippen molar-refractivity contribution in [2.24, 2.45) is 0 Å². The third-order valence-corrected chi connectivity index (χ3v) is 6.70. The first-order valence-corrected chi connectivity index (χ1v) is 12.4. The van der Waals surface area contributed by atoms with Crippen LogP contribution in [0.3, 0.4) is 0 Å². The molecule has 1 aliphatic heterocycles. The van der Waals surface area contributed by atoms with Crippen LogP contribution in [0.25, 0.3) is 17.0 Å². The third kappa shape index (κ3) is 4.88. The van der Waals surface area contributed by atoms with Crippen LogP contribution in [0.4, 0.5) is 5.69 Å². The summed E-state index contributed by atoms with van der Waals surface area (Å²) in [7, 11) is 1.54. The van der Waals surface area contributed by atoms with Crippen molar-refractivity contribution in [1.29, 1.82) is 5.26 Å². The van der Waals surface area contributed by atoms with Crippen LogP contribution in [0.15, 0.2) is 85.7 Å². The molecule has 2 N–H and O–H groups in total. The number of benzene rings is 3. The number of hydrogen-bond donors (Lipinski definition) is 2. The van der Waals surface area contributed by atoms with Gasteiger partial charge in [0.2, 0.25) is 0 Å². The maximum atomic E-state index is 11.7. The van der Waals surface area contributed by atoms with E-state index in [0.717, 1.165) is 33.5 Å². The summed E-state index contributed by atoms with van der Waals surface area (Å²) in [6.45, 7) is 8.28. The molecule has 0 fully saturated rings. The molecule has 2 heterocycles. The molecule has 4 aromatic rings. The second-order valence-electron chi connectivity index (χ2n) is 9.39. The van der Waals surface area contributed by atoms with Gasteiger partial charge in [-0.15, -0.1) is 0 Å². The Balaban J connectivity index is 1.47. The van der Waals surface area contributed by atoms with Gasteiger partial charge in [-0.1, -0.05) is 24.8 Å². The fourth-order valence-electron chi connectivity index (χ4n) is 4.75. The molecule has 0 spiro atoms. The standard InChI is InChI=1S/C32H27N3O4/c1-19-13-26-20(2)15-30(22-11-12-35(18-22)24-9-10-29(38-4)23(16-24)17-33)39-31(26)27(14-19)21(3)34-28-8-6-5-7-25(28)32(36)37/h5-16,18,21,34H,2H2,1,3-4H3,(H,36,37). The van der Waals surface area contributed by atoms with E-state index in [1.807, 2.05) is 61.1 Å². The Kier molecular flexibility index (Phi) is 6.70. The fourth-order valence-corrected chi connectivity index (χ4v) is 4.75. The number of carbonyl (C=O) groups is 1. The molecule has 0 amide bonds. The van der Waals surface area contributed by atoms with Gasteiger partial charge < -0.3 is 24.5 Å². The average molecular weight is 518 g/mol. The summed E-state index contributed by atoms with van der Waals surface area (Å²) in [4.78, 5) is 11.7. The molecular weight excluding hydrogens is 490 g/mol. The number of anilines is 1. The topological polar surface area (TPSA) is 96.5 Å². The van der Waals surface area contributed by atoms with Gasteiger partial charge in [-0.05, 0) is 73.5 Å². The van der Waals surface area contributed by atoms with Crippen LogP contribution in [-0.4, -0.2) is 22.8 Å². The molecule has 5 rings (SSSR count). The van der Waals surface area contributed by atoms with E-state index in [1.165, 1.54) is 7.11 Å². The number of ether oxygens (including phenoxy) is 2. The highest BCUT2D eigenvalue weighted by molar-refractivity contribution is 5.94. The molecule has 0 saturated carbocycles. The van der Waals surface area contributed by atoms with E-state index >= 15 is 0 Å². The molecule has 1 aromatic heterocycles. The number of aryl methyl sites for hydroxylation is 1. The van der Waals surface area contributed by atoms with E-state index in [0.29, 0.717) is 28.5 Å². The predicted molar refractivity (Wildman–Crippen MR) is 151 cm³/mol. The van der Waals surface area contributed by atoms with E-state index < -0.39 is 5.97 Å². The normalized spacial score (nSPS) is 13.0. The highest BCUT2D eigenvalue weighted by Gasteiger charge is 2.25. The van der Waals surface area contributed by atoms with Crippen LogP contribution >= 0.6 is 0 Å². The van der Waals surface area contributed by atoms with Crippen LogP contribution in [0.5, 0.6) is 11.5 Å². The highest BCUT2D eigenvalue weighted by atomic mass is 16.5. The second kappa shape index (κ2) is 10.3. The first-order chi connectivity index (χ1) is 18.8. The van der Waals surface area contributed by atoms with Crippen LogP contribution in [0, 0.1) is 18.3 Å². The van der Waals surface area contributed by atoms with Gasteiger partial charge in [0.05, 0.1) is 24.3 Å². The molecule has 0 saturated heterocycles. The number of aromatic carboxylic acids is 1. The number of fused-ring (bicyclic) bond motifs is 1. The predicted octanol–water partition coefficient (Wildman–Crippen LogP) is 6.98. The average Bonchev–Trinajstić information content (AvgIpc) is 3.43. The molecule has 7 heteroatoms. The van der Waals surface area contributed by atoms with Crippen molar-refractivity contribution in [2.45, 2.75) is 19.9 Å². The molecule has 39 heavy (non-hydrogen) atoms. The molecule has 3 aromatic carbocycles. The van der Waals surface area contributed by atoms with E-state index in [2.05, 4.69) is 18.0 Å². The Morgan fingerprint density at radius 3 is 2.72 bits per heavy atom.